The monoisotopic (exact) mass is 272 g/mol. The molecule has 2 rings (SSSR count). The first-order valence-corrected chi connectivity index (χ1v) is 6.49. The minimum Gasteiger partial charge on any atom is -0.439 e. The molecule has 106 valence electrons. The second-order valence-electron chi connectivity index (χ2n) is 5.58. The first-order chi connectivity index (χ1) is 9.38. The third kappa shape index (κ3) is 3.38. The maximum atomic E-state index is 5.70. The van der Waals surface area contributed by atoms with Crippen LogP contribution in [0.4, 0.5) is 11.8 Å². The van der Waals surface area contributed by atoms with Crippen molar-refractivity contribution in [2.45, 2.75) is 26.2 Å². The zero-order valence-corrected chi connectivity index (χ0v) is 12.3. The van der Waals surface area contributed by atoms with E-state index < -0.39 is 0 Å². The summed E-state index contributed by atoms with van der Waals surface area (Å²) < 4.78 is 5.70. The van der Waals surface area contributed by atoms with Crippen molar-refractivity contribution in [2.75, 3.05) is 18.1 Å². The Morgan fingerprint density at radius 2 is 1.75 bits per heavy atom. The molecule has 0 fully saturated rings. The third-order valence-electron chi connectivity index (χ3n) is 2.92. The summed E-state index contributed by atoms with van der Waals surface area (Å²) in [5, 5.41) is 2.91. The standard InChI is InChI=1S/C15H20N4O/c1-15(2,3)10-5-7-11(8-6-10)20-13-9-12(17-4)18-14(16)19-13/h5-9H,1-4H3,(H3,16,17,18,19). The Kier molecular flexibility index (Phi) is 3.79. The van der Waals surface area contributed by atoms with E-state index in [-0.39, 0.29) is 11.4 Å². The van der Waals surface area contributed by atoms with E-state index in [2.05, 4.69) is 48.2 Å². The molecule has 0 radical (unpaired) electrons. The fraction of sp³-hybridized carbons (Fsp3) is 0.333. The first kappa shape index (κ1) is 14.1. The second-order valence-corrected chi connectivity index (χ2v) is 5.58. The molecule has 0 bridgehead atoms. The average Bonchev–Trinajstić information content (AvgIpc) is 2.37. The molecule has 1 aromatic heterocycles. The van der Waals surface area contributed by atoms with Crippen LogP contribution in [0.1, 0.15) is 26.3 Å². The van der Waals surface area contributed by atoms with E-state index in [0.717, 1.165) is 5.75 Å². The lowest BCUT2D eigenvalue weighted by molar-refractivity contribution is 0.462. The number of nitrogen functional groups attached to an aromatic ring is 1. The van der Waals surface area contributed by atoms with Gasteiger partial charge >= 0.3 is 0 Å². The van der Waals surface area contributed by atoms with E-state index in [1.165, 1.54) is 5.56 Å². The van der Waals surface area contributed by atoms with Crippen molar-refractivity contribution in [3.63, 3.8) is 0 Å². The fourth-order valence-corrected chi connectivity index (χ4v) is 1.77. The fourth-order valence-electron chi connectivity index (χ4n) is 1.77. The van der Waals surface area contributed by atoms with Gasteiger partial charge < -0.3 is 15.8 Å². The molecule has 0 saturated heterocycles. The van der Waals surface area contributed by atoms with Gasteiger partial charge in [-0.1, -0.05) is 32.9 Å². The van der Waals surface area contributed by atoms with E-state index in [9.17, 15) is 0 Å². The van der Waals surface area contributed by atoms with E-state index in [4.69, 9.17) is 10.5 Å². The minimum atomic E-state index is 0.122. The summed E-state index contributed by atoms with van der Waals surface area (Å²) in [6.45, 7) is 6.52. The third-order valence-corrected chi connectivity index (χ3v) is 2.92. The maximum Gasteiger partial charge on any atom is 0.226 e. The van der Waals surface area contributed by atoms with Crippen LogP contribution in [-0.2, 0) is 5.41 Å². The lowest BCUT2D eigenvalue weighted by Crippen LogP contribution is -2.10. The van der Waals surface area contributed by atoms with Crippen LogP contribution in [0.25, 0.3) is 0 Å². The van der Waals surface area contributed by atoms with Crippen molar-refractivity contribution in [1.29, 1.82) is 0 Å². The molecule has 0 atom stereocenters. The van der Waals surface area contributed by atoms with Gasteiger partial charge in [0, 0.05) is 13.1 Å². The summed E-state index contributed by atoms with van der Waals surface area (Å²) in [7, 11) is 1.77. The molecule has 1 heterocycles. The molecule has 0 aliphatic heterocycles. The SMILES string of the molecule is CNc1cc(Oc2ccc(C(C)(C)C)cc2)nc(N)n1. The number of hydrogen-bond donors (Lipinski definition) is 2. The highest BCUT2D eigenvalue weighted by Gasteiger charge is 2.13. The number of aromatic nitrogens is 2. The molecule has 0 saturated carbocycles. The molecule has 2 aromatic rings. The van der Waals surface area contributed by atoms with Crippen LogP contribution in [0.3, 0.4) is 0 Å². The van der Waals surface area contributed by atoms with Crippen LogP contribution >= 0.6 is 0 Å². The molecule has 0 aliphatic rings. The Morgan fingerprint density at radius 3 is 2.30 bits per heavy atom. The zero-order chi connectivity index (χ0) is 14.8. The highest BCUT2D eigenvalue weighted by atomic mass is 16.5. The van der Waals surface area contributed by atoms with Crippen LogP contribution in [-0.4, -0.2) is 17.0 Å². The average molecular weight is 272 g/mol. The van der Waals surface area contributed by atoms with Crippen LogP contribution in [0.2, 0.25) is 0 Å². The van der Waals surface area contributed by atoms with Gasteiger partial charge in [0.25, 0.3) is 0 Å². The van der Waals surface area contributed by atoms with Crippen molar-refractivity contribution in [3.05, 3.63) is 35.9 Å². The first-order valence-electron chi connectivity index (χ1n) is 6.49. The molecule has 5 nitrogen and oxygen atoms in total. The molecule has 1 aromatic carbocycles. The molecule has 0 spiro atoms. The van der Waals surface area contributed by atoms with Gasteiger partial charge in [0.15, 0.2) is 0 Å². The predicted molar refractivity (Wildman–Crippen MR) is 81.2 cm³/mol. The van der Waals surface area contributed by atoms with E-state index in [0.29, 0.717) is 11.7 Å². The summed E-state index contributed by atoms with van der Waals surface area (Å²) in [5.74, 6) is 1.94. The van der Waals surface area contributed by atoms with Gasteiger partial charge in [-0.3, -0.25) is 0 Å². The van der Waals surface area contributed by atoms with E-state index >= 15 is 0 Å². The van der Waals surface area contributed by atoms with Gasteiger partial charge in [-0.15, -0.1) is 0 Å². The Labute approximate surface area is 119 Å². The molecule has 0 amide bonds. The largest absolute Gasteiger partial charge is 0.439 e. The molecular weight excluding hydrogens is 252 g/mol. The molecule has 20 heavy (non-hydrogen) atoms. The molecule has 5 heteroatoms. The van der Waals surface area contributed by atoms with Crippen molar-refractivity contribution < 1.29 is 4.74 Å². The smallest absolute Gasteiger partial charge is 0.226 e. The van der Waals surface area contributed by atoms with E-state index in [1.807, 2.05) is 12.1 Å². The number of nitrogens with one attached hydrogen (secondary N) is 1. The number of nitrogens with zero attached hydrogens (tertiary/aromatic N) is 2. The van der Waals surface area contributed by atoms with Crippen molar-refractivity contribution >= 4 is 11.8 Å². The Hall–Kier alpha value is -2.30. The molecule has 0 unspecified atom stereocenters. The van der Waals surface area contributed by atoms with Gasteiger partial charge in [-0.2, -0.15) is 9.97 Å². The number of rotatable bonds is 3. The lowest BCUT2D eigenvalue weighted by Gasteiger charge is -2.19. The van der Waals surface area contributed by atoms with Gasteiger partial charge in [-0.25, -0.2) is 0 Å². The summed E-state index contributed by atoms with van der Waals surface area (Å²) in [5.41, 5.74) is 7.00. The van der Waals surface area contributed by atoms with Crippen molar-refractivity contribution in [1.82, 2.24) is 9.97 Å². The topological polar surface area (TPSA) is 73.1 Å². The molecular formula is C15H20N4O. The predicted octanol–water partition coefficient (Wildman–Crippen LogP) is 3.19. The van der Waals surface area contributed by atoms with Gasteiger partial charge in [0.2, 0.25) is 11.8 Å². The number of anilines is 2. The number of hydrogen-bond acceptors (Lipinski definition) is 5. The van der Waals surface area contributed by atoms with Crippen LogP contribution in [0.5, 0.6) is 11.6 Å². The van der Waals surface area contributed by atoms with Crippen molar-refractivity contribution in [3.8, 4) is 11.6 Å². The van der Waals surface area contributed by atoms with Gasteiger partial charge in [0.05, 0.1) is 0 Å². The Bertz CT molecular complexity index is 588. The van der Waals surface area contributed by atoms with E-state index in [1.54, 1.807) is 13.1 Å². The number of ether oxygens (including phenoxy) is 1. The molecule has 0 aliphatic carbocycles. The quantitative estimate of drug-likeness (QED) is 0.897. The maximum absolute atomic E-state index is 5.70. The summed E-state index contributed by atoms with van der Waals surface area (Å²) in [6, 6.07) is 9.67. The minimum absolute atomic E-state index is 0.122. The number of benzene rings is 1. The summed E-state index contributed by atoms with van der Waals surface area (Å²) in [6.07, 6.45) is 0. The second kappa shape index (κ2) is 5.36. The van der Waals surface area contributed by atoms with Crippen molar-refractivity contribution in [2.24, 2.45) is 0 Å². The van der Waals surface area contributed by atoms with Crippen LogP contribution in [0.15, 0.2) is 30.3 Å². The van der Waals surface area contributed by atoms with Crippen LogP contribution in [0, 0.1) is 0 Å². The summed E-state index contributed by atoms with van der Waals surface area (Å²) >= 11 is 0. The Morgan fingerprint density at radius 1 is 1.10 bits per heavy atom. The van der Waals surface area contributed by atoms with Crippen LogP contribution < -0.4 is 15.8 Å². The van der Waals surface area contributed by atoms with Gasteiger partial charge in [-0.05, 0) is 23.1 Å². The molecule has 3 N–H and O–H groups in total. The summed E-state index contributed by atoms with van der Waals surface area (Å²) in [4.78, 5) is 8.07. The Balaban J connectivity index is 2.20. The normalized spacial score (nSPS) is 11.2. The highest BCUT2D eigenvalue weighted by Crippen LogP contribution is 2.27. The number of nitrogens with two attached hydrogens (primary N) is 1. The highest BCUT2D eigenvalue weighted by molar-refractivity contribution is 5.43. The zero-order valence-electron chi connectivity index (χ0n) is 12.3. The van der Waals surface area contributed by atoms with Gasteiger partial charge in [0.1, 0.15) is 11.6 Å². The lowest BCUT2D eigenvalue weighted by atomic mass is 9.87.